The summed E-state index contributed by atoms with van der Waals surface area (Å²) in [6, 6.07) is 3.75. The van der Waals surface area contributed by atoms with Gasteiger partial charge < -0.3 is 5.11 Å². The maximum atomic E-state index is 10.7. The third-order valence-corrected chi connectivity index (χ3v) is 3.21. The van der Waals surface area contributed by atoms with Crippen LogP contribution in [0.4, 0.5) is 0 Å². The van der Waals surface area contributed by atoms with E-state index in [4.69, 9.17) is 5.11 Å². The van der Waals surface area contributed by atoms with E-state index in [0.29, 0.717) is 21.9 Å². The maximum absolute atomic E-state index is 10.7. The van der Waals surface area contributed by atoms with Gasteiger partial charge in [-0.05, 0) is 34.0 Å². The molecule has 2 aromatic heterocycles. The van der Waals surface area contributed by atoms with Crippen molar-refractivity contribution in [3.8, 4) is 0 Å². The molecule has 0 aliphatic rings. The van der Waals surface area contributed by atoms with Gasteiger partial charge >= 0.3 is 5.97 Å². The van der Waals surface area contributed by atoms with E-state index in [0.717, 1.165) is 5.69 Å². The molecule has 2 heterocycles. The fourth-order valence-corrected chi connectivity index (χ4v) is 2.02. The topological polar surface area (TPSA) is 67.5 Å². The molecule has 0 radical (unpaired) electrons. The number of hydrogen-bond acceptors (Lipinski definition) is 3. The number of carboxylic acid groups (broad SMARTS) is 1. The van der Waals surface area contributed by atoms with Crippen LogP contribution in [0.25, 0.3) is 5.65 Å². The number of carboxylic acids is 1. The van der Waals surface area contributed by atoms with Crippen LogP contribution < -0.4 is 0 Å². The van der Waals surface area contributed by atoms with Gasteiger partial charge in [-0.15, -0.1) is 0 Å². The molecule has 0 aromatic carbocycles. The van der Waals surface area contributed by atoms with Crippen LogP contribution in [0.2, 0.25) is 0 Å². The molecule has 0 unspecified atom stereocenters. The molecular weight excluding hydrogens is 286 g/mol. The number of carbonyl (C=O) groups is 1. The lowest BCUT2D eigenvalue weighted by molar-refractivity contribution is -0.136. The minimum absolute atomic E-state index is 0.110. The molecule has 5 nitrogen and oxygen atoms in total. The number of aliphatic carboxylic acids is 1. The van der Waals surface area contributed by atoms with Crippen LogP contribution in [0.1, 0.15) is 31.2 Å². The van der Waals surface area contributed by atoms with E-state index in [1.54, 1.807) is 4.52 Å². The lowest BCUT2D eigenvalue weighted by Gasteiger charge is -2.04. The van der Waals surface area contributed by atoms with Crippen LogP contribution in [-0.4, -0.2) is 25.7 Å². The standard InChI is InChI=1S/C11H12BrN3O2/c1-6(2)7-3-4-9-13-8(5-10(16)17)11(12)15(9)14-7/h3-4,6H,5H2,1-2H3,(H,16,17). The summed E-state index contributed by atoms with van der Waals surface area (Å²) in [5.74, 6) is -0.588. The molecule has 0 aliphatic carbocycles. The average Bonchev–Trinajstić information content (AvgIpc) is 2.55. The second kappa shape index (κ2) is 4.44. The van der Waals surface area contributed by atoms with Crippen molar-refractivity contribution in [3.05, 3.63) is 28.1 Å². The van der Waals surface area contributed by atoms with Crippen molar-refractivity contribution in [3.63, 3.8) is 0 Å². The van der Waals surface area contributed by atoms with Crippen LogP contribution in [-0.2, 0) is 11.2 Å². The van der Waals surface area contributed by atoms with Crippen molar-refractivity contribution in [2.24, 2.45) is 0 Å². The summed E-state index contributed by atoms with van der Waals surface area (Å²) in [5.41, 5.74) is 2.08. The zero-order chi connectivity index (χ0) is 12.6. The lowest BCUT2D eigenvalue weighted by Crippen LogP contribution is -2.02. The van der Waals surface area contributed by atoms with Crippen molar-refractivity contribution in [1.82, 2.24) is 14.6 Å². The Bertz CT molecular complexity index is 577. The summed E-state index contributed by atoms with van der Waals surface area (Å²) in [6.07, 6.45) is -0.110. The van der Waals surface area contributed by atoms with E-state index in [-0.39, 0.29) is 6.42 Å². The van der Waals surface area contributed by atoms with Gasteiger partial charge in [0.2, 0.25) is 0 Å². The molecule has 0 saturated heterocycles. The second-order valence-electron chi connectivity index (χ2n) is 4.10. The van der Waals surface area contributed by atoms with Crippen molar-refractivity contribution in [2.75, 3.05) is 0 Å². The first-order valence-electron chi connectivity index (χ1n) is 5.25. The summed E-state index contributed by atoms with van der Waals surface area (Å²) < 4.78 is 2.24. The molecule has 2 aromatic rings. The first-order chi connectivity index (χ1) is 7.99. The summed E-state index contributed by atoms with van der Waals surface area (Å²) >= 11 is 3.34. The summed E-state index contributed by atoms with van der Waals surface area (Å²) in [4.78, 5) is 14.9. The Hall–Kier alpha value is -1.43. The first-order valence-corrected chi connectivity index (χ1v) is 6.04. The van der Waals surface area contributed by atoms with Crippen molar-refractivity contribution < 1.29 is 9.90 Å². The number of rotatable bonds is 3. The van der Waals surface area contributed by atoms with Crippen LogP contribution in [0.3, 0.4) is 0 Å². The summed E-state index contributed by atoms with van der Waals surface area (Å²) in [6.45, 7) is 4.11. The first kappa shape index (κ1) is 12.0. The highest BCUT2D eigenvalue weighted by atomic mass is 79.9. The fraction of sp³-hybridized carbons (Fsp3) is 0.364. The molecule has 0 atom stereocenters. The highest BCUT2D eigenvalue weighted by Gasteiger charge is 2.14. The molecule has 0 spiro atoms. The number of imidazole rings is 1. The molecule has 0 saturated carbocycles. The number of nitrogens with zero attached hydrogens (tertiary/aromatic N) is 3. The number of fused-ring (bicyclic) bond motifs is 1. The minimum atomic E-state index is -0.904. The van der Waals surface area contributed by atoms with E-state index in [2.05, 4.69) is 39.9 Å². The van der Waals surface area contributed by atoms with Gasteiger partial charge in [0.15, 0.2) is 5.65 Å². The van der Waals surface area contributed by atoms with Gasteiger partial charge in [-0.25, -0.2) is 9.50 Å². The number of hydrogen-bond donors (Lipinski definition) is 1. The smallest absolute Gasteiger partial charge is 0.309 e. The Balaban J connectivity index is 2.54. The Kier molecular flexibility index (Phi) is 3.15. The molecule has 1 N–H and O–H groups in total. The van der Waals surface area contributed by atoms with Gasteiger partial charge in [0.1, 0.15) is 4.60 Å². The van der Waals surface area contributed by atoms with Gasteiger partial charge in [-0.3, -0.25) is 4.79 Å². The SMILES string of the molecule is CC(C)c1ccc2nc(CC(=O)O)c(Br)n2n1. The summed E-state index contributed by atoms with van der Waals surface area (Å²) in [7, 11) is 0. The monoisotopic (exact) mass is 297 g/mol. The van der Waals surface area contributed by atoms with Gasteiger partial charge in [-0.2, -0.15) is 5.10 Å². The predicted molar refractivity (Wildman–Crippen MR) is 66.1 cm³/mol. The molecule has 6 heteroatoms. The van der Waals surface area contributed by atoms with Crippen molar-refractivity contribution in [1.29, 1.82) is 0 Å². The molecule has 0 fully saturated rings. The molecule has 2 rings (SSSR count). The van der Waals surface area contributed by atoms with Gasteiger partial charge in [0, 0.05) is 0 Å². The Labute approximate surface area is 107 Å². The lowest BCUT2D eigenvalue weighted by atomic mass is 10.1. The van der Waals surface area contributed by atoms with E-state index >= 15 is 0 Å². The van der Waals surface area contributed by atoms with Crippen LogP contribution >= 0.6 is 15.9 Å². The largest absolute Gasteiger partial charge is 0.481 e. The zero-order valence-corrected chi connectivity index (χ0v) is 11.1. The van der Waals surface area contributed by atoms with Gasteiger partial charge in [-0.1, -0.05) is 13.8 Å². The Morgan fingerprint density at radius 3 is 2.82 bits per heavy atom. The second-order valence-corrected chi connectivity index (χ2v) is 4.85. The summed E-state index contributed by atoms with van der Waals surface area (Å²) in [5, 5.41) is 13.2. The third kappa shape index (κ3) is 2.31. The predicted octanol–water partition coefficient (Wildman–Crippen LogP) is 2.24. The molecule has 0 bridgehead atoms. The van der Waals surface area contributed by atoms with Crippen molar-refractivity contribution >= 4 is 27.5 Å². The molecule has 17 heavy (non-hydrogen) atoms. The Morgan fingerprint density at radius 2 is 2.24 bits per heavy atom. The van der Waals surface area contributed by atoms with E-state index in [1.807, 2.05) is 12.1 Å². The van der Waals surface area contributed by atoms with E-state index in [1.165, 1.54) is 0 Å². The quantitative estimate of drug-likeness (QED) is 0.943. The molecule has 0 aliphatic heterocycles. The fourth-order valence-electron chi connectivity index (χ4n) is 1.53. The van der Waals surface area contributed by atoms with Gasteiger partial charge in [0.25, 0.3) is 0 Å². The van der Waals surface area contributed by atoms with Crippen molar-refractivity contribution in [2.45, 2.75) is 26.2 Å². The molecule has 0 amide bonds. The maximum Gasteiger partial charge on any atom is 0.309 e. The third-order valence-electron chi connectivity index (χ3n) is 2.42. The van der Waals surface area contributed by atoms with E-state index < -0.39 is 5.97 Å². The van der Waals surface area contributed by atoms with E-state index in [9.17, 15) is 4.79 Å². The highest BCUT2D eigenvalue weighted by Crippen LogP contribution is 2.20. The average molecular weight is 298 g/mol. The normalized spacial score (nSPS) is 11.3. The zero-order valence-electron chi connectivity index (χ0n) is 9.51. The Morgan fingerprint density at radius 1 is 1.53 bits per heavy atom. The highest BCUT2D eigenvalue weighted by molar-refractivity contribution is 9.10. The van der Waals surface area contributed by atoms with Crippen LogP contribution in [0, 0.1) is 0 Å². The van der Waals surface area contributed by atoms with Crippen LogP contribution in [0.5, 0.6) is 0 Å². The van der Waals surface area contributed by atoms with Crippen LogP contribution in [0.15, 0.2) is 16.7 Å². The number of aromatic nitrogens is 3. The van der Waals surface area contributed by atoms with Gasteiger partial charge in [0.05, 0.1) is 17.8 Å². The molecule has 90 valence electrons. The minimum Gasteiger partial charge on any atom is -0.481 e. The molecular formula is C11H12BrN3O2. The number of halogens is 1.